The number of carbonyl (C=O) groups is 2. The Morgan fingerprint density at radius 3 is 1.88 bits per heavy atom. The maximum atomic E-state index is 13.0. The van der Waals surface area contributed by atoms with E-state index < -0.39 is 5.41 Å². The second kappa shape index (κ2) is 7.59. The zero-order chi connectivity index (χ0) is 18.8. The van der Waals surface area contributed by atoms with Crippen molar-refractivity contribution in [3.05, 3.63) is 29.3 Å². The topological polar surface area (TPSA) is 58.2 Å². The van der Waals surface area contributed by atoms with E-state index >= 15 is 0 Å². The van der Waals surface area contributed by atoms with E-state index in [1.165, 1.54) is 0 Å². The van der Waals surface area contributed by atoms with Crippen LogP contribution in [0.15, 0.2) is 18.2 Å². The summed E-state index contributed by atoms with van der Waals surface area (Å²) < 4.78 is 0. The lowest BCUT2D eigenvalue weighted by Crippen LogP contribution is -2.41. The highest BCUT2D eigenvalue weighted by molar-refractivity contribution is 6.13. The molecule has 0 radical (unpaired) electrons. The molecule has 25 heavy (non-hydrogen) atoms. The fraction of sp³-hybridized carbons (Fsp3) is 0.619. The molecule has 0 spiro atoms. The van der Waals surface area contributed by atoms with Gasteiger partial charge in [-0.15, -0.1) is 0 Å². The Bertz CT molecular complexity index is 617. The second-order valence-electron chi connectivity index (χ2n) is 8.26. The van der Waals surface area contributed by atoms with Crippen molar-refractivity contribution in [3.63, 3.8) is 0 Å². The zero-order valence-corrected chi connectivity index (χ0v) is 16.4. The Hall–Kier alpha value is -1.84. The first-order valence-electron chi connectivity index (χ1n) is 9.41. The van der Waals surface area contributed by atoms with Crippen LogP contribution in [0.3, 0.4) is 0 Å². The van der Waals surface area contributed by atoms with Crippen LogP contribution in [0, 0.1) is 11.3 Å². The summed E-state index contributed by atoms with van der Waals surface area (Å²) in [7, 11) is 0. The number of para-hydroxylation sites is 1. The third kappa shape index (κ3) is 4.23. The molecule has 1 aliphatic carbocycles. The fourth-order valence-electron chi connectivity index (χ4n) is 3.08. The molecule has 1 aromatic carbocycles. The van der Waals surface area contributed by atoms with Gasteiger partial charge < -0.3 is 10.6 Å². The highest BCUT2D eigenvalue weighted by Gasteiger charge is 2.56. The fourth-order valence-corrected chi connectivity index (χ4v) is 3.08. The normalized spacial score (nSPS) is 15.6. The van der Waals surface area contributed by atoms with Crippen molar-refractivity contribution in [2.45, 2.75) is 66.2 Å². The number of anilines is 1. The predicted octanol–water partition coefficient (Wildman–Crippen LogP) is 4.42. The van der Waals surface area contributed by atoms with Crippen LogP contribution in [-0.4, -0.2) is 18.4 Å². The summed E-state index contributed by atoms with van der Waals surface area (Å²) >= 11 is 0. The highest BCUT2D eigenvalue weighted by Crippen LogP contribution is 2.47. The van der Waals surface area contributed by atoms with E-state index in [0.29, 0.717) is 37.1 Å². The van der Waals surface area contributed by atoms with Gasteiger partial charge in [-0.05, 0) is 41.7 Å². The SMILES string of the molecule is CC(C)CNC(=O)C1(C(=O)Nc2c(C(C)C)cccc2C(C)C)CC1. The third-order valence-electron chi connectivity index (χ3n) is 4.90. The van der Waals surface area contributed by atoms with Crippen molar-refractivity contribution in [2.75, 3.05) is 11.9 Å². The van der Waals surface area contributed by atoms with Crippen molar-refractivity contribution in [1.82, 2.24) is 5.32 Å². The molecule has 1 fully saturated rings. The van der Waals surface area contributed by atoms with Gasteiger partial charge in [-0.3, -0.25) is 9.59 Å². The molecular weight excluding hydrogens is 312 g/mol. The van der Waals surface area contributed by atoms with Gasteiger partial charge in [0.1, 0.15) is 5.41 Å². The van der Waals surface area contributed by atoms with E-state index in [0.717, 1.165) is 16.8 Å². The number of amides is 2. The monoisotopic (exact) mass is 344 g/mol. The van der Waals surface area contributed by atoms with Gasteiger partial charge in [0.05, 0.1) is 0 Å². The number of hydrogen-bond acceptors (Lipinski definition) is 2. The van der Waals surface area contributed by atoms with Gasteiger partial charge in [-0.1, -0.05) is 59.7 Å². The first kappa shape index (κ1) is 19.5. The van der Waals surface area contributed by atoms with Crippen LogP contribution in [0.5, 0.6) is 0 Å². The molecule has 2 amide bonds. The van der Waals surface area contributed by atoms with Crippen LogP contribution >= 0.6 is 0 Å². The van der Waals surface area contributed by atoms with E-state index in [9.17, 15) is 9.59 Å². The minimum atomic E-state index is -0.882. The van der Waals surface area contributed by atoms with Crippen LogP contribution in [-0.2, 0) is 9.59 Å². The van der Waals surface area contributed by atoms with Crippen LogP contribution in [0.2, 0.25) is 0 Å². The number of rotatable bonds is 7. The first-order chi connectivity index (χ1) is 11.7. The maximum Gasteiger partial charge on any atom is 0.240 e. The molecule has 0 aromatic heterocycles. The summed E-state index contributed by atoms with van der Waals surface area (Å²) in [6.45, 7) is 13.2. The Morgan fingerprint density at radius 1 is 0.960 bits per heavy atom. The average molecular weight is 344 g/mol. The smallest absolute Gasteiger partial charge is 0.240 e. The maximum absolute atomic E-state index is 13.0. The lowest BCUT2D eigenvalue weighted by atomic mass is 9.92. The Labute approximate surface area is 151 Å². The Balaban J connectivity index is 2.24. The molecule has 0 atom stereocenters. The van der Waals surface area contributed by atoms with E-state index in [4.69, 9.17) is 0 Å². The molecule has 2 N–H and O–H groups in total. The predicted molar refractivity (Wildman–Crippen MR) is 103 cm³/mol. The standard InChI is InChI=1S/C21H32N2O2/c1-13(2)12-22-19(24)21(10-11-21)20(25)23-18-16(14(3)4)8-7-9-17(18)15(5)6/h7-9,13-15H,10-12H2,1-6H3,(H,22,24)(H,23,25). The zero-order valence-electron chi connectivity index (χ0n) is 16.4. The number of hydrogen-bond donors (Lipinski definition) is 2. The van der Waals surface area contributed by atoms with Crippen molar-refractivity contribution in [2.24, 2.45) is 11.3 Å². The quantitative estimate of drug-likeness (QED) is 0.719. The van der Waals surface area contributed by atoms with E-state index in [2.05, 4.69) is 50.5 Å². The molecule has 138 valence electrons. The largest absolute Gasteiger partial charge is 0.355 e. The second-order valence-corrected chi connectivity index (χ2v) is 8.26. The summed E-state index contributed by atoms with van der Waals surface area (Å²) in [6.07, 6.45) is 1.26. The van der Waals surface area contributed by atoms with Crippen molar-refractivity contribution >= 4 is 17.5 Å². The molecule has 0 aliphatic heterocycles. The van der Waals surface area contributed by atoms with Crippen molar-refractivity contribution in [1.29, 1.82) is 0 Å². The molecule has 1 aromatic rings. The lowest BCUT2D eigenvalue weighted by molar-refractivity contribution is -0.134. The van der Waals surface area contributed by atoms with Gasteiger partial charge >= 0.3 is 0 Å². The van der Waals surface area contributed by atoms with Gasteiger partial charge in [0.25, 0.3) is 0 Å². The van der Waals surface area contributed by atoms with Crippen LogP contribution in [0.1, 0.15) is 77.3 Å². The Morgan fingerprint density at radius 2 is 1.48 bits per heavy atom. The summed E-state index contributed by atoms with van der Waals surface area (Å²) in [6, 6.07) is 6.16. The van der Waals surface area contributed by atoms with Crippen LogP contribution in [0.25, 0.3) is 0 Å². The minimum absolute atomic E-state index is 0.133. The molecule has 0 bridgehead atoms. The first-order valence-corrected chi connectivity index (χ1v) is 9.41. The van der Waals surface area contributed by atoms with Crippen molar-refractivity contribution < 1.29 is 9.59 Å². The Kier molecular flexibility index (Phi) is 5.91. The summed E-state index contributed by atoms with van der Waals surface area (Å²) in [4.78, 5) is 25.5. The molecule has 0 heterocycles. The molecule has 2 rings (SSSR count). The van der Waals surface area contributed by atoms with Crippen molar-refractivity contribution in [3.8, 4) is 0 Å². The molecular formula is C21H32N2O2. The molecule has 1 aliphatic rings. The third-order valence-corrected chi connectivity index (χ3v) is 4.90. The van der Waals surface area contributed by atoms with Crippen LogP contribution in [0.4, 0.5) is 5.69 Å². The van der Waals surface area contributed by atoms with Gasteiger partial charge in [-0.25, -0.2) is 0 Å². The molecule has 0 unspecified atom stereocenters. The van der Waals surface area contributed by atoms with Crippen LogP contribution < -0.4 is 10.6 Å². The van der Waals surface area contributed by atoms with E-state index in [1.807, 2.05) is 19.9 Å². The van der Waals surface area contributed by atoms with Gasteiger partial charge in [0, 0.05) is 12.2 Å². The summed E-state index contributed by atoms with van der Waals surface area (Å²) in [5, 5.41) is 6.04. The molecule has 1 saturated carbocycles. The summed E-state index contributed by atoms with van der Waals surface area (Å²) in [5.41, 5.74) is 2.25. The average Bonchev–Trinajstić information content (AvgIpc) is 3.34. The number of benzene rings is 1. The summed E-state index contributed by atoms with van der Waals surface area (Å²) in [5.74, 6) is 0.686. The molecule has 4 nitrogen and oxygen atoms in total. The minimum Gasteiger partial charge on any atom is -0.355 e. The van der Waals surface area contributed by atoms with Gasteiger partial charge in [0.15, 0.2) is 0 Å². The molecule has 4 heteroatoms. The number of nitrogens with one attached hydrogen (secondary N) is 2. The lowest BCUT2D eigenvalue weighted by Gasteiger charge is -2.22. The number of carbonyl (C=O) groups excluding carboxylic acids is 2. The van der Waals surface area contributed by atoms with Gasteiger partial charge in [-0.2, -0.15) is 0 Å². The molecule has 0 saturated heterocycles. The van der Waals surface area contributed by atoms with Gasteiger partial charge in [0.2, 0.25) is 11.8 Å². The van der Waals surface area contributed by atoms with E-state index in [1.54, 1.807) is 0 Å². The highest BCUT2D eigenvalue weighted by atomic mass is 16.2. The van der Waals surface area contributed by atoms with E-state index in [-0.39, 0.29) is 11.8 Å².